The van der Waals surface area contributed by atoms with Crippen molar-refractivity contribution in [2.75, 3.05) is 20.2 Å². The zero-order chi connectivity index (χ0) is 24.6. The summed E-state index contributed by atoms with van der Waals surface area (Å²) in [5.41, 5.74) is 4.97. The summed E-state index contributed by atoms with van der Waals surface area (Å²) in [6, 6.07) is 23.2. The fourth-order valence-electron chi connectivity index (χ4n) is 5.29. The van der Waals surface area contributed by atoms with Crippen LogP contribution in [0.3, 0.4) is 0 Å². The summed E-state index contributed by atoms with van der Waals surface area (Å²) in [6.45, 7) is 3.93. The van der Waals surface area contributed by atoms with Crippen molar-refractivity contribution in [3.63, 3.8) is 0 Å². The number of hydrogen-bond donors (Lipinski definition) is 0. The van der Waals surface area contributed by atoms with E-state index >= 15 is 0 Å². The molecule has 0 radical (unpaired) electrons. The summed E-state index contributed by atoms with van der Waals surface area (Å²) < 4.78 is 35.7. The molecule has 1 aromatic heterocycles. The number of aromatic nitrogens is 1. The van der Waals surface area contributed by atoms with Crippen LogP contribution in [0.5, 0.6) is 5.75 Å². The molecule has 0 N–H and O–H groups in total. The third-order valence-electron chi connectivity index (χ3n) is 7.05. The molecule has 0 unspecified atom stereocenters. The number of ether oxygens (including phenoxy) is 1. The maximum atomic E-state index is 13.2. The van der Waals surface area contributed by atoms with Crippen molar-refractivity contribution in [1.29, 1.82) is 0 Å². The van der Waals surface area contributed by atoms with Gasteiger partial charge < -0.3 is 9.30 Å². The lowest BCUT2D eigenvalue weighted by Gasteiger charge is -2.31. The number of fused-ring (bicyclic) bond motifs is 1. The van der Waals surface area contributed by atoms with Crippen LogP contribution in [0.25, 0.3) is 10.9 Å². The first-order chi connectivity index (χ1) is 16.9. The Morgan fingerprint density at radius 2 is 1.71 bits per heavy atom. The largest absolute Gasteiger partial charge is 0.497 e. The summed E-state index contributed by atoms with van der Waals surface area (Å²) in [5, 5.41) is 1.68. The van der Waals surface area contributed by atoms with Crippen molar-refractivity contribution >= 4 is 32.5 Å². The van der Waals surface area contributed by atoms with Crippen LogP contribution in [-0.4, -0.2) is 37.5 Å². The van der Waals surface area contributed by atoms with E-state index in [-0.39, 0.29) is 4.90 Å². The van der Waals surface area contributed by atoms with Gasteiger partial charge in [-0.1, -0.05) is 48.0 Å². The van der Waals surface area contributed by atoms with E-state index in [2.05, 4.69) is 47.9 Å². The SMILES string of the molecule is COc1cccc(Cn2c(C)c(C3CCN(S(=O)(=O)c4cccc(Cl)c4)CC3)c3ccccc32)c1. The molecule has 0 atom stereocenters. The van der Waals surface area contributed by atoms with Gasteiger partial charge in [0.2, 0.25) is 10.0 Å². The fourth-order valence-corrected chi connectivity index (χ4v) is 7.06. The molecule has 0 aliphatic carbocycles. The molecular formula is C28H29ClN2O3S. The molecule has 5 nitrogen and oxygen atoms in total. The minimum absolute atomic E-state index is 0.259. The molecule has 1 fully saturated rings. The monoisotopic (exact) mass is 508 g/mol. The van der Waals surface area contributed by atoms with Crippen molar-refractivity contribution in [3.8, 4) is 5.75 Å². The van der Waals surface area contributed by atoms with E-state index < -0.39 is 10.0 Å². The van der Waals surface area contributed by atoms with Crippen LogP contribution in [0.1, 0.15) is 35.6 Å². The van der Waals surface area contributed by atoms with Crippen LogP contribution < -0.4 is 4.74 Å². The molecule has 0 amide bonds. The smallest absolute Gasteiger partial charge is 0.243 e. The Hall–Kier alpha value is -2.80. The first-order valence-electron chi connectivity index (χ1n) is 11.8. The van der Waals surface area contributed by atoms with Crippen LogP contribution in [0.15, 0.2) is 77.7 Å². The number of halogens is 1. The predicted molar refractivity (Wildman–Crippen MR) is 141 cm³/mol. The highest BCUT2D eigenvalue weighted by Crippen LogP contribution is 2.39. The minimum Gasteiger partial charge on any atom is -0.497 e. The number of sulfonamides is 1. The van der Waals surface area contributed by atoms with Crippen LogP contribution in [0.4, 0.5) is 0 Å². The van der Waals surface area contributed by atoms with E-state index in [1.165, 1.54) is 33.8 Å². The summed E-state index contributed by atoms with van der Waals surface area (Å²) in [4.78, 5) is 0.259. The molecule has 3 aromatic carbocycles. The Labute approximate surface area is 211 Å². The van der Waals surface area contributed by atoms with Gasteiger partial charge in [-0.15, -0.1) is 0 Å². The molecule has 35 heavy (non-hydrogen) atoms. The summed E-state index contributed by atoms with van der Waals surface area (Å²) in [5.74, 6) is 1.15. The summed E-state index contributed by atoms with van der Waals surface area (Å²) in [6.07, 6.45) is 1.57. The van der Waals surface area contributed by atoms with Gasteiger partial charge in [0.15, 0.2) is 0 Å². The van der Waals surface area contributed by atoms with Crippen LogP contribution >= 0.6 is 11.6 Å². The Balaban J connectivity index is 1.43. The molecule has 5 rings (SSSR count). The Kier molecular flexibility index (Phi) is 6.62. The summed E-state index contributed by atoms with van der Waals surface area (Å²) >= 11 is 6.05. The predicted octanol–water partition coefficient (Wildman–Crippen LogP) is 6.23. The minimum atomic E-state index is -3.55. The van der Waals surface area contributed by atoms with E-state index in [0.29, 0.717) is 24.0 Å². The molecule has 1 saturated heterocycles. The molecule has 0 spiro atoms. The van der Waals surface area contributed by atoms with Gasteiger partial charge >= 0.3 is 0 Å². The van der Waals surface area contributed by atoms with Gasteiger partial charge in [-0.25, -0.2) is 8.42 Å². The molecule has 0 saturated carbocycles. The Morgan fingerprint density at radius 3 is 2.46 bits per heavy atom. The van der Waals surface area contributed by atoms with Crippen LogP contribution in [0.2, 0.25) is 5.02 Å². The molecular weight excluding hydrogens is 480 g/mol. The van der Waals surface area contributed by atoms with Crippen LogP contribution in [0, 0.1) is 6.92 Å². The molecule has 2 heterocycles. The lowest BCUT2D eigenvalue weighted by Crippen LogP contribution is -2.38. The summed E-state index contributed by atoms with van der Waals surface area (Å²) in [7, 11) is -1.87. The molecule has 4 aromatic rings. The molecule has 0 bridgehead atoms. The average Bonchev–Trinajstić information content (AvgIpc) is 3.15. The van der Waals surface area contributed by atoms with Gasteiger partial charge in [0, 0.05) is 41.3 Å². The maximum absolute atomic E-state index is 13.2. The van der Waals surface area contributed by atoms with E-state index in [1.54, 1.807) is 29.6 Å². The second kappa shape index (κ2) is 9.69. The standard InChI is InChI=1S/C28H29ClN2O3S/c1-20-28(22-13-15-30(16-14-22)35(32,33)25-10-6-8-23(29)18-25)26-11-3-4-12-27(26)31(20)19-21-7-5-9-24(17-21)34-2/h3-12,17-18,22H,13-16,19H2,1-2H3. The zero-order valence-electron chi connectivity index (χ0n) is 19.9. The normalized spacial score (nSPS) is 15.5. The van der Waals surface area contributed by atoms with Crippen molar-refractivity contribution < 1.29 is 13.2 Å². The first-order valence-corrected chi connectivity index (χ1v) is 13.7. The van der Waals surface area contributed by atoms with Gasteiger partial charge in [-0.3, -0.25) is 0 Å². The highest BCUT2D eigenvalue weighted by atomic mass is 35.5. The van der Waals surface area contributed by atoms with E-state index in [1.807, 2.05) is 12.1 Å². The Bertz CT molecular complexity index is 1470. The molecule has 1 aliphatic rings. The zero-order valence-corrected chi connectivity index (χ0v) is 21.5. The number of hydrogen-bond acceptors (Lipinski definition) is 3. The van der Waals surface area contributed by atoms with Gasteiger partial charge in [0.05, 0.1) is 12.0 Å². The van der Waals surface area contributed by atoms with Gasteiger partial charge in [0.1, 0.15) is 5.75 Å². The first kappa shape index (κ1) is 23.9. The average molecular weight is 509 g/mol. The molecule has 7 heteroatoms. The number of benzene rings is 3. The van der Waals surface area contributed by atoms with Crippen LogP contribution in [-0.2, 0) is 16.6 Å². The lowest BCUT2D eigenvalue weighted by molar-refractivity contribution is 0.319. The fraction of sp³-hybridized carbons (Fsp3) is 0.286. The highest BCUT2D eigenvalue weighted by Gasteiger charge is 2.32. The highest BCUT2D eigenvalue weighted by molar-refractivity contribution is 7.89. The second-order valence-electron chi connectivity index (χ2n) is 9.09. The molecule has 1 aliphatic heterocycles. The van der Waals surface area contributed by atoms with E-state index in [0.717, 1.165) is 25.1 Å². The maximum Gasteiger partial charge on any atom is 0.243 e. The Morgan fingerprint density at radius 1 is 0.971 bits per heavy atom. The van der Waals surface area contributed by atoms with Crippen molar-refractivity contribution in [2.24, 2.45) is 0 Å². The number of nitrogens with zero attached hydrogens (tertiary/aromatic N) is 2. The van der Waals surface area contributed by atoms with Gasteiger partial charge in [0.25, 0.3) is 0 Å². The van der Waals surface area contributed by atoms with Gasteiger partial charge in [-0.05, 0) is 73.2 Å². The lowest BCUT2D eigenvalue weighted by atomic mass is 9.88. The molecule has 182 valence electrons. The van der Waals surface area contributed by atoms with Crippen molar-refractivity contribution in [3.05, 3.63) is 94.6 Å². The second-order valence-corrected chi connectivity index (χ2v) is 11.5. The topological polar surface area (TPSA) is 51.5 Å². The number of rotatable bonds is 6. The van der Waals surface area contributed by atoms with Crippen molar-refractivity contribution in [1.82, 2.24) is 8.87 Å². The van der Waals surface area contributed by atoms with Gasteiger partial charge in [-0.2, -0.15) is 4.31 Å². The quantitative estimate of drug-likeness (QED) is 0.310. The number of para-hydroxylation sites is 1. The number of piperidine rings is 1. The van der Waals surface area contributed by atoms with Crippen molar-refractivity contribution in [2.45, 2.75) is 37.1 Å². The number of methoxy groups -OCH3 is 1. The van der Waals surface area contributed by atoms with E-state index in [4.69, 9.17) is 16.3 Å². The third-order valence-corrected chi connectivity index (χ3v) is 9.18. The third kappa shape index (κ3) is 4.58. The van der Waals surface area contributed by atoms with E-state index in [9.17, 15) is 8.42 Å².